The topological polar surface area (TPSA) is 77.8 Å². The van der Waals surface area contributed by atoms with Crippen LogP contribution < -0.4 is 0 Å². The molecule has 0 atom stereocenters. The van der Waals surface area contributed by atoms with Crippen LogP contribution in [0.1, 0.15) is 0 Å². The fraction of sp³-hybridized carbons (Fsp3) is 0. The highest BCUT2D eigenvalue weighted by Crippen LogP contribution is 2.38. The predicted octanol–water partition coefficient (Wildman–Crippen LogP) is 10.2. The molecule has 3 aromatic heterocycles. The van der Waals surface area contributed by atoms with Crippen LogP contribution >= 0.6 is 0 Å². The highest BCUT2D eigenvalue weighted by atomic mass is 16.3. The molecular formula is C40H24N4O2. The second-order valence-corrected chi connectivity index (χ2v) is 11.1. The zero-order chi connectivity index (χ0) is 30.5. The molecule has 0 N–H and O–H groups in total. The van der Waals surface area contributed by atoms with Crippen molar-refractivity contribution in [2.24, 2.45) is 0 Å². The summed E-state index contributed by atoms with van der Waals surface area (Å²) in [6.07, 6.45) is 0. The average Bonchev–Trinajstić information content (AvgIpc) is 3.73. The molecule has 0 aliphatic heterocycles. The number of rotatable bonds is 5. The van der Waals surface area contributed by atoms with Gasteiger partial charge in [-0.3, -0.25) is 0 Å². The van der Waals surface area contributed by atoms with E-state index in [2.05, 4.69) is 30.3 Å². The van der Waals surface area contributed by atoms with Crippen LogP contribution in [0.15, 0.2) is 154 Å². The van der Waals surface area contributed by atoms with Crippen LogP contribution in [0.3, 0.4) is 0 Å². The van der Waals surface area contributed by atoms with Gasteiger partial charge in [-0.05, 0) is 53.6 Å². The first-order valence-corrected chi connectivity index (χ1v) is 15.1. The number of hydrogen-bond acceptors (Lipinski definition) is 6. The number of furan rings is 1. The number of benzene rings is 6. The maximum atomic E-state index is 6.45. The minimum Gasteiger partial charge on any atom is -0.456 e. The molecule has 0 radical (unpaired) electrons. The van der Waals surface area contributed by atoms with E-state index in [4.69, 9.17) is 28.8 Å². The van der Waals surface area contributed by atoms with Crippen molar-refractivity contribution in [1.29, 1.82) is 0 Å². The Labute approximate surface area is 263 Å². The van der Waals surface area contributed by atoms with E-state index in [0.29, 0.717) is 23.4 Å². The summed E-state index contributed by atoms with van der Waals surface area (Å²) in [7, 11) is 0. The molecular weight excluding hydrogens is 568 g/mol. The van der Waals surface area contributed by atoms with Gasteiger partial charge in [0.25, 0.3) is 0 Å². The van der Waals surface area contributed by atoms with Crippen LogP contribution in [0, 0.1) is 0 Å². The highest BCUT2D eigenvalue weighted by molar-refractivity contribution is 6.12. The molecule has 3 heterocycles. The van der Waals surface area contributed by atoms with Gasteiger partial charge in [-0.15, -0.1) is 0 Å². The fourth-order valence-electron chi connectivity index (χ4n) is 5.93. The average molecular weight is 593 g/mol. The fourth-order valence-corrected chi connectivity index (χ4v) is 5.93. The molecule has 216 valence electrons. The first-order valence-electron chi connectivity index (χ1n) is 15.1. The van der Waals surface area contributed by atoms with E-state index in [1.54, 1.807) is 0 Å². The Morgan fingerprint density at radius 1 is 0.370 bits per heavy atom. The van der Waals surface area contributed by atoms with Crippen LogP contribution in [0.4, 0.5) is 0 Å². The van der Waals surface area contributed by atoms with Gasteiger partial charge < -0.3 is 8.83 Å². The lowest BCUT2D eigenvalue weighted by Gasteiger charge is -2.09. The van der Waals surface area contributed by atoms with Crippen molar-refractivity contribution in [1.82, 2.24) is 19.9 Å². The molecule has 6 aromatic carbocycles. The third-order valence-electron chi connectivity index (χ3n) is 8.18. The lowest BCUT2D eigenvalue weighted by molar-refractivity contribution is 0.620. The molecule has 0 spiro atoms. The number of oxazole rings is 1. The molecule has 9 aromatic rings. The second-order valence-electron chi connectivity index (χ2n) is 11.1. The Bertz CT molecular complexity index is 2460. The summed E-state index contributed by atoms with van der Waals surface area (Å²) in [6.45, 7) is 0. The third kappa shape index (κ3) is 4.52. The van der Waals surface area contributed by atoms with Crippen LogP contribution in [0.5, 0.6) is 0 Å². The Morgan fingerprint density at radius 3 is 1.67 bits per heavy atom. The highest BCUT2D eigenvalue weighted by Gasteiger charge is 2.18. The van der Waals surface area contributed by atoms with Gasteiger partial charge in [0.1, 0.15) is 16.7 Å². The van der Waals surface area contributed by atoms with Gasteiger partial charge in [0.05, 0.1) is 0 Å². The molecule has 0 saturated heterocycles. The number of aromatic nitrogens is 4. The molecule has 0 amide bonds. The smallest absolute Gasteiger partial charge is 0.227 e. The number of fused-ring (bicyclic) bond motifs is 4. The maximum absolute atomic E-state index is 6.45. The monoisotopic (exact) mass is 592 g/mol. The molecule has 6 nitrogen and oxygen atoms in total. The minimum absolute atomic E-state index is 0.593. The van der Waals surface area contributed by atoms with Crippen molar-refractivity contribution in [3.63, 3.8) is 0 Å². The van der Waals surface area contributed by atoms with Gasteiger partial charge in [0.15, 0.2) is 23.1 Å². The summed E-state index contributed by atoms with van der Waals surface area (Å²) in [5.41, 5.74) is 8.86. The standard InChI is InChI=1S/C40H24N4O2/c1-4-11-25(12-5-1)37-42-38(26-13-6-2-7-14-26)44-39(43-37)31-17-10-18-34-36(31)30-21-19-29(24-35(30)45-34)28-20-22-33-32(23-28)41-40(46-33)27-15-8-3-9-16-27/h1-24H. The number of hydrogen-bond donors (Lipinski definition) is 0. The van der Waals surface area contributed by atoms with Crippen molar-refractivity contribution in [2.45, 2.75) is 0 Å². The van der Waals surface area contributed by atoms with Gasteiger partial charge in [-0.1, -0.05) is 103 Å². The zero-order valence-electron chi connectivity index (χ0n) is 24.5. The van der Waals surface area contributed by atoms with Crippen molar-refractivity contribution in [3.8, 4) is 56.7 Å². The van der Waals surface area contributed by atoms with E-state index in [1.165, 1.54) is 0 Å². The Kier molecular flexibility index (Phi) is 6.03. The van der Waals surface area contributed by atoms with Crippen LogP contribution in [0.2, 0.25) is 0 Å². The largest absolute Gasteiger partial charge is 0.456 e. The van der Waals surface area contributed by atoms with Gasteiger partial charge in [0.2, 0.25) is 5.89 Å². The van der Waals surface area contributed by atoms with Gasteiger partial charge in [0, 0.05) is 33.0 Å². The maximum Gasteiger partial charge on any atom is 0.227 e. The van der Waals surface area contributed by atoms with E-state index in [-0.39, 0.29) is 0 Å². The first kappa shape index (κ1) is 26.0. The molecule has 0 saturated carbocycles. The number of nitrogens with zero attached hydrogens (tertiary/aromatic N) is 4. The Hall–Kier alpha value is -6.40. The predicted molar refractivity (Wildman–Crippen MR) is 182 cm³/mol. The molecule has 6 heteroatoms. The minimum atomic E-state index is 0.593. The molecule has 9 rings (SSSR count). The summed E-state index contributed by atoms with van der Waals surface area (Å²) in [5.74, 6) is 2.44. The Balaban J connectivity index is 1.17. The van der Waals surface area contributed by atoms with E-state index in [1.807, 2.05) is 115 Å². The quantitative estimate of drug-likeness (QED) is 0.198. The summed E-state index contributed by atoms with van der Waals surface area (Å²) < 4.78 is 12.5. The lowest BCUT2D eigenvalue weighted by Crippen LogP contribution is -2.00. The first-order chi connectivity index (χ1) is 22.8. The summed E-state index contributed by atoms with van der Waals surface area (Å²) >= 11 is 0. The van der Waals surface area contributed by atoms with Crippen LogP contribution in [-0.4, -0.2) is 19.9 Å². The van der Waals surface area contributed by atoms with E-state index in [9.17, 15) is 0 Å². The molecule has 0 aliphatic carbocycles. The molecule has 0 aliphatic rings. The van der Waals surface area contributed by atoms with Crippen molar-refractivity contribution in [3.05, 3.63) is 146 Å². The van der Waals surface area contributed by atoms with Gasteiger partial charge in [-0.25, -0.2) is 19.9 Å². The molecule has 46 heavy (non-hydrogen) atoms. The van der Waals surface area contributed by atoms with Crippen LogP contribution in [0.25, 0.3) is 89.8 Å². The van der Waals surface area contributed by atoms with E-state index >= 15 is 0 Å². The van der Waals surface area contributed by atoms with Crippen molar-refractivity contribution in [2.75, 3.05) is 0 Å². The van der Waals surface area contributed by atoms with Crippen LogP contribution in [-0.2, 0) is 0 Å². The van der Waals surface area contributed by atoms with E-state index < -0.39 is 0 Å². The summed E-state index contributed by atoms with van der Waals surface area (Å²) in [4.78, 5) is 19.6. The van der Waals surface area contributed by atoms with Gasteiger partial charge in [-0.2, -0.15) is 0 Å². The SMILES string of the molecule is c1ccc(-c2nc(-c3ccccc3)nc(-c3cccc4oc5cc(-c6ccc7oc(-c8ccccc8)nc7c6)ccc5c34)n2)cc1. The van der Waals surface area contributed by atoms with E-state index in [0.717, 1.165) is 66.4 Å². The summed E-state index contributed by atoms with van der Waals surface area (Å²) in [6, 6.07) is 48.4. The van der Waals surface area contributed by atoms with Crippen molar-refractivity contribution >= 4 is 33.0 Å². The summed E-state index contributed by atoms with van der Waals surface area (Å²) in [5, 5.41) is 1.96. The third-order valence-corrected chi connectivity index (χ3v) is 8.18. The van der Waals surface area contributed by atoms with Crippen molar-refractivity contribution < 1.29 is 8.83 Å². The molecule has 0 fully saturated rings. The normalized spacial score (nSPS) is 11.5. The lowest BCUT2D eigenvalue weighted by atomic mass is 10.0. The molecule has 0 unspecified atom stereocenters. The molecule has 0 bridgehead atoms. The Morgan fingerprint density at radius 2 is 0.978 bits per heavy atom. The second kappa shape index (κ2) is 10.6. The van der Waals surface area contributed by atoms with Gasteiger partial charge >= 0.3 is 0 Å². The zero-order valence-corrected chi connectivity index (χ0v) is 24.5.